The Labute approximate surface area is 205 Å². The summed E-state index contributed by atoms with van der Waals surface area (Å²) in [5, 5.41) is 19.1. The van der Waals surface area contributed by atoms with E-state index in [9.17, 15) is 29.4 Å². The first-order valence-corrected chi connectivity index (χ1v) is 12.0. The summed E-state index contributed by atoms with van der Waals surface area (Å²) in [6.07, 6.45) is 8.92. The normalized spacial score (nSPS) is 12.0. The fourth-order valence-corrected chi connectivity index (χ4v) is 4.21. The van der Waals surface area contributed by atoms with Gasteiger partial charge in [-0.3, -0.25) is 19.2 Å². The van der Waals surface area contributed by atoms with E-state index in [1.165, 1.54) is 12.5 Å². The third-order valence-electron chi connectivity index (χ3n) is 6.57. The standard InChI is InChI=1S/C27H36O8/c1-26(2,20-14-34-16-22(30)24(20)32)12-6-10-18(28)8-5-9-19(29)11-7-13-27(3,4)21-15-35-17-23(31)25(21)33/h14-17,30-31H,5-13H2,1-4H3. The molecule has 0 bridgehead atoms. The zero-order chi connectivity index (χ0) is 26.2. The molecule has 2 aromatic rings. The minimum atomic E-state index is -0.539. The van der Waals surface area contributed by atoms with E-state index in [2.05, 4.69) is 0 Å². The molecule has 0 atom stereocenters. The van der Waals surface area contributed by atoms with E-state index in [-0.39, 0.29) is 11.6 Å². The summed E-state index contributed by atoms with van der Waals surface area (Å²) in [4.78, 5) is 48.7. The van der Waals surface area contributed by atoms with Gasteiger partial charge in [0.1, 0.15) is 24.1 Å². The highest BCUT2D eigenvalue weighted by Crippen LogP contribution is 2.29. The molecule has 0 aliphatic carbocycles. The Kier molecular flexibility index (Phi) is 9.63. The van der Waals surface area contributed by atoms with Crippen molar-refractivity contribution in [2.45, 2.75) is 96.3 Å². The Morgan fingerprint density at radius 2 is 1.00 bits per heavy atom. The number of aromatic hydroxyl groups is 2. The quantitative estimate of drug-likeness (QED) is 0.383. The Bertz CT molecular complexity index is 1050. The maximum absolute atomic E-state index is 12.2. The SMILES string of the molecule is CC(C)(CCCC(=O)CCCC(=O)CCCC(C)(C)c1cocc(O)c1=O)c1cocc(O)c1=O. The molecule has 2 rings (SSSR count). The minimum Gasteiger partial charge on any atom is -0.502 e. The molecule has 0 aromatic carbocycles. The molecular weight excluding hydrogens is 452 g/mol. The summed E-state index contributed by atoms with van der Waals surface area (Å²) >= 11 is 0. The lowest BCUT2D eigenvalue weighted by molar-refractivity contribution is -0.120. The van der Waals surface area contributed by atoms with Gasteiger partial charge in [-0.15, -0.1) is 0 Å². The van der Waals surface area contributed by atoms with Crippen LogP contribution in [0.2, 0.25) is 0 Å². The van der Waals surface area contributed by atoms with Gasteiger partial charge in [0.25, 0.3) is 0 Å². The van der Waals surface area contributed by atoms with E-state index in [0.29, 0.717) is 68.9 Å². The second-order valence-electron chi connectivity index (χ2n) is 10.4. The molecule has 35 heavy (non-hydrogen) atoms. The van der Waals surface area contributed by atoms with Gasteiger partial charge in [0.2, 0.25) is 10.9 Å². The first-order chi connectivity index (χ1) is 16.3. The predicted octanol–water partition coefficient (Wildman–Crippen LogP) is 4.91. The Morgan fingerprint density at radius 1 is 0.657 bits per heavy atom. The van der Waals surface area contributed by atoms with E-state index in [1.54, 1.807) is 0 Å². The van der Waals surface area contributed by atoms with Crippen LogP contribution in [0.5, 0.6) is 11.5 Å². The molecule has 192 valence electrons. The molecule has 2 heterocycles. The molecule has 0 unspecified atom stereocenters. The average Bonchev–Trinajstić information content (AvgIpc) is 2.77. The van der Waals surface area contributed by atoms with Crippen molar-refractivity contribution in [2.24, 2.45) is 0 Å². The van der Waals surface area contributed by atoms with Gasteiger partial charge >= 0.3 is 0 Å². The minimum absolute atomic E-state index is 0.0771. The summed E-state index contributed by atoms with van der Waals surface area (Å²) in [5.74, 6) is -0.698. The van der Waals surface area contributed by atoms with Crippen molar-refractivity contribution in [3.63, 3.8) is 0 Å². The van der Waals surface area contributed by atoms with Gasteiger partial charge in [-0.2, -0.15) is 0 Å². The van der Waals surface area contributed by atoms with Crippen LogP contribution in [0.1, 0.15) is 96.6 Å². The molecule has 0 saturated carbocycles. The fraction of sp³-hybridized carbons (Fsp3) is 0.556. The number of rotatable bonds is 14. The molecule has 0 amide bonds. The zero-order valence-electron chi connectivity index (χ0n) is 21.0. The van der Waals surface area contributed by atoms with Crippen molar-refractivity contribution in [1.29, 1.82) is 0 Å². The highest BCUT2D eigenvalue weighted by molar-refractivity contribution is 5.81. The maximum Gasteiger partial charge on any atom is 0.230 e. The molecular formula is C27H36O8. The highest BCUT2D eigenvalue weighted by Gasteiger charge is 2.27. The van der Waals surface area contributed by atoms with Crippen LogP contribution in [0.25, 0.3) is 0 Å². The third kappa shape index (κ3) is 7.94. The van der Waals surface area contributed by atoms with Crippen molar-refractivity contribution < 1.29 is 28.6 Å². The van der Waals surface area contributed by atoms with Crippen LogP contribution >= 0.6 is 0 Å². The second-order valence-corrected chi connectivity index (χ2v) is 10.4. The summed E-state index contributed by atoms with van der Waals surface area (Å²) in [6, 6.07) is 0. The lowest BCUT2D eigenvalue weighted by Crippen LogP contribution is -2.25. The average molecular weight is 489 g/mol. The number of hydrogen-bond acceptors (Lipinski definition) is 8. The highest BCUT2D eigenvalue weighted by atomic mass is 16.3. The molecule has 2 N–H and O–H groups in total. The summed E-state index contributed by atoms with van der Waals surface area (Å²) in [6.45, 7) is 7.49. The van der Waals surface area contributed by atoms with Gasteiger partial charge in [0.05, 0.1) is 12.5 Å². The molecule has 0 radical (unpaired) electrons. The van der Waals surface area contributed by atoms with Crippen molar-refractivity contribution in [3.8, 4) is 11.5 Å². The summed E-state index contributed by atoms with van der Waals surface area (Å²) in [5.41, 5.74) is -1.24. The number of hydrogen-bond donors (Lipinski definition) is 2. The first-order valence-electron chi connectivity index (χ1n) is 12.0. The monoisotopic (exact) mass is 488 g/mol. The predicted molar refractivity (Wildman–Crippen MR) is 131 cm³/mol. The fourth-order valence-electron chi connectivity index (χ4n) is 4.21. The van der Waals surface area contributed by atoms with E-state index in [4.69, 9.17) is 8.83 Å². The summed E-state index contributed by atoms with van der Waals surface area (Å²) in [7, 11) is 0. The van der Waals surface area contributed by atoms with Crippen LogP contribution in [-0.2, 0) is 20.4 Å². The number of ketones is 2. The van der Waals surface area contributed by atoms with Gasteiger partial charge in [-0.1, -0.05) is 27.7 Å². The van der Waals surface area contributed by atoms with Gasteiger partial charge in [-0.25, -0.2) is 0 Å². The molecule has 0 fully saturated rings. The van der Waals surface area contributed by atoms with Crippen molar-refractivity contribution in [1.82, 2.24) is 0 Å². The molecule has 0 aliphatic heterocycles. The lowest BCUT2D eigenvalue weighted by atomic mass is 9.80. The molecule has 8 heteroatoms. The Hall–Kier alpha value is -3.16. The third-order valence-corrected chi connectivity index (χ3v) is 6.57. The molecule has 0 spiro atoms. The van der Waals surface area contributed by atoms with Crippen molar-refractivity contribution >= 4 is 11.6 Å². The first kappa shape index (κ1) is 28.1. The molecule has 2 aromatic heterocycles. The van der Waals surface area contributed by atoms with Gasteiger partial charge < -0.3 is 19.0 Å². The van der Waals surface area contributed by atoms with E-state index in [0.717, 1.165) is 12.5 Å². The van der Waals surface area contributed by atoms with Gasteiger partial charge in [-0.05, 0) is 42.9 Å². The van der Waals surface area contributed by atoms with E-state index < -0.39 is 33.2 Å². The second kappa shape index (κ2) is 12.0. The molecule has 8 nitrogen and oxygen atoms in total. The number of carbonyl (C=O) groups excluding carboxylic acids is 2. The molecule has 0 aliphatic rings. The van der Waals surface area contributed by atoms with Crippen LogP contribution < -0.4 is 10.9 Å². The molecule has 0 saturated heterocycles. The largest absolute Gasteiger partial charge is 0.502 e. The number of Topliss-reactive ketones (excluding diaryl/α,β-unsaturated/α-hetero) is 2. The van der Waals surface area contributed by atoms with Crippen molar-refractivity contribution in [2.75, 3.05) is 0 Å². The Balaban J connectivity index is 1.68. The smallest absolute Gasteiger partial charge is 0.230 e. The van der Waals surface area contributed by atoms with Crippen molar-refractivity contribution in [3.05, 3.63) is 56.6 Å². The van der Waals surface area contributed by atoms with Crippen LogP contribution in [0.3, 0.4) is 0 Å². The van der Waals surface area contributed by atoms with E-state index >= 15 is 0 Å². The Morgan fingerprint density at radius 3 is 1.37 bits per heavy atom. The topological polar surface area (TPSA) is 135 Å². The van der Waals surface area contributed by atoms with Crippen LogP contribution in [0.4, 0.5) is 0 Å². The maximum atomic E-state index is 12.2. The zero-order valence-corrected chi connectivity index (χ0v) is 21.0. The van der Waals surface area contributed by atoms with E-state index in [1.807, 2.05) is 27.7 Å². The lowest BCUT2D eigenvalue weighted by Gasteiger charge is -2.23. The van der Waals surface area contributed by atoms with Crippen LogP contribution in [-0.4, -0.2) is 21.8 Å². The van der Waals surface area contributed by atoms with Crippen LogP contribution in [0.15, 0.2) is 43.5 Å². The van der Waals surface area contributed by atoms with Gasteiger partial charge in [0.15, 0.2) is 11.5 Å². The summed E-state index contributed by atoms with van der Waals surface area (Å²) < 4.78 is 10.0. The number of carbonyl (C=O) groups is 2. The van der Waals surface area contributed by atoms with Gasteiger partial charge in [0, 0.05) is 36.8 Å². The van der Waals surface area contributed by atoms with Crippen LogP contribution in [0, 0.1) is 0 Å².